The van der Waals surface area contributed by atoms with Crippen molar-refractivity contribution in [3.8, 4) is 0 Å². The Hall–Kier alpha value is -0.850. The molecule has 70 valence electrons. The molecule has 0 saturated carbocycles. The first-order valence-corrected chi connectivity index (χ1v) is 4.58. The van der Waals surface area contributed by atoms with Gasteiger partial charge in [0, 0.05) is 6.42 Å². The van der Waals surface area contributed by atoms with Crippen LogP contribution in [0.15, 0.2) is 24.3 Å². The van der Waals surface area contributed by atoms with Gasteiger partial charge in [-0.2, -0.15) is 0 Å². The largest absolute Gasteiger partial charge is 0.295 e. The van der Waals surface area contributed by atoms with Crippen LogP contribution >= 0.6 is 0 Å². The molecule has 0 rings (SSSR count). The monoisotopic (exact) mass is 168 g/mol. The fraction of sp³-hybridized carbons (Fsp3) is 0.545. The number of allylic oxidation sites excluding steroid dienone is 4. The molecule has 0 aliphatic rings. The molecule has 0 amide bonds. The highest BCUT2D eigenvalue weighted by Gasteiger charge is 1.90. The van der Waals surface area contributed by atoms with Gasteiger partial charge in [0.1, 0.15) is 0 Å². The zero-order valence-electron chi connectivity index (χ0n) is 8.63. The molecule has 0 aliphatic carbocycles. The van der Waals surface area contributed by atoms with E-state index in [4.69, 9.17) is 0 Å². The molecule has 0 spiro atoms. The molecule has 0 bridgehead atoms. The SMILES string of the molecule is C/C=C/CCC(=O)/C=C/C.CC. The van der Waals surface area contributed by atoms with Crippen LogP contribution < -0.4 is 0 Å². The molecule has 0 radical (unpaired) electrons. The van der Waals surface area contributed by atoms with E-state index in [-0.39, 0.29) is 5.78 Å². The van der Waals surface area contributed by atoms with Crippen LogP contribution in [0.3, 0.4) is 0 Å². The van der Waals surface area contributed by atoms with Gasteiger partial charge in [-0.15, -0.1) is 0 Å². The summed E-state index contributed by atoms with van der Waals surface area (Å²) in [5.41, 5.74) is 0. The minimum atomic E-state index is 0.209. The highest BCUT2D eigenvalue weighted by atomic mass is 16.1. The molecule has 1 nitrogen and oxygen atoms in total. The van der Waals surface area contributed by atoms with Crippen LogP contribution in [0.1, 0.15) is 40.5 Å². The molecule has 0 heterocycles. The molecule has 0 aliphatic heterocycles. The molecule has 1 heteroatoms. The normalized spacial score (nSPS) is 10.0. The van der Waals surface area contributed by atoms with Crippen LogP contribution in [0.4, 0.5) is 0 Å². The highest BCUT2D eigenvalue weighted by Crippen LogP contribution is 1.93. The third-order valence-corrected chi connectivity index (χ3v) is 1.15. The van der Waals surface area contributed by atoms with Crippen LogP contribution in [0, 0.1) is 0 Å². The maximum atomic E-state index is 10.8. The first kappa shape index (κ1) is 13.7. The van der Waals surface area contributed by atoms with E-state index >= 15 is 0 Å². The van der Waals surface area contributed by atoms with Crippen molar-refractivity contribution in [3.05, 3.63) is 24.3 Å². The summed E-state index contributed by atoms with van der Waals surface area (Å²) in [5.74, 6) is 0.209. The van der Waals surface area contributed by atoms with E-state index in [9.17, 15) is 4.79 Å². The predicted molar refractivity (Wildman–Crippen MR) is 55.2 cm³/mol. The predicted octanol–water partition coefficient (Wildman–Crippen LogP) is 3.51. The molecule has 0 saturated heterocycles. The van der Waals surface area contributed by atoms with Crippen molar-refractivity contribution in [2.45, 2.75) is 40.5 Å². The fourth-order valence-electron chi connectivity index (χ4n) is 0.661. The average Bonchev–Trinajstić information content (AvgIpc) is 2.09. The van der Waals surface area contributed by atoms with Crippen molar-refractivity contribution in [1.82, 2.24) is 0 Å². The van der Waals surface area contributed by atoms with E-state index in [0.717, 1.165) is 6.42 Å². The Kier molecular flexibility index (Phi) is 14.6. The van der Waals surface area contributed by atoms with E-state index in [1.54, 1.807) is 12.2 Å². The van der Waals surface area contributed by atoms with Crippen LogP contribution in [-0.4, -0.2) is 5.78 Å². The lowest BCUT2D eigenvalue weighted by Crippen LogP contribution is -1.89. The summed E-state index contributed by atoms with van der Waals surface area (Å²) < 4.78 is 0. The molecule has 0 aromatic heterocycles. The van der Waals surface area contributed by atoms with Gasteiger partial charge < -0.3 is 0 Å². The summed E-state index contributed by atoms with van der Waals surface area (Å²) in [6.07, 6.45) is 8.85. The molecule has 0 aromatic carbocycles. The summed E-state index contributed by atoms with van der Waals surface area (Å²) in [6.45, 7) is 7.81. The standard InChI is InChI=1S/C9H14O.C2H6/c1-3-5-6-8-9(10)7-4-2;1-2/h3-5,7H,6,8H2,1-2H3;1-2H3/b5-3+,7-4+;. The number of rotatable bonds is 4. The van der Waals surface area contributed by atoms with Gasteiger partial charge in [0.25, 0.3) is 0 Å². The Balaban J connectivity index is 0. The van der Waals surface area contributed by atoms with Crippen molar-refractivity contribution in [2.75, 3.05) is 0 Å². The van der Waals surface area contributed by atoms with Gasteiger partial charge in [0.15, 0.2) is 5.78 Å². The number of hydrogen-bond acceptors (Lipinski definition) is 1. The molecule has 0 unspecified atom stereocenters. The van der Waals surface area contributed by atoms with E-state index in [0.29, 0.717) is 6.42 Å². The van der Waals surface area contributed by atoms with Gasteiger partial charge >= 0.3 is 0 Å². The van der Waals surface area contributed by atoms with Gasteiger partial charge in [0.2, 0.25) is 0 Å². The van der Waals surface area contributed by atoms with Crippen LogP contribution in [0.5, 0.6) is 0 Å². The van der Waals surface area contributed by atoms with Crippen molar-refractivity contribution in [2.24, 2.45) is 0 Å². The van der Waals surface area contributed by atoms with Crippen LogP contribution in [0.25, 0.3) is 0 Å². The zero-order chi connectivity index (χ0) is 9.82. The molecular formula is C11H20O. The topological polar surface area (TPSA) is 17.1 Å². The Morgan fingerprint density at radius 1 is 1.17 bits per heavy atom. The minimum Gasteiger partial charge on any atom is -0.295 e. The van der Waals surface area contributed by atoms with Crippen molar-refractivity contribution in [3.63, 3.8) is 0 Å². The molecule has 0 fully saturated rings. The van der Waals surface area contributed by atoms with Gasteiger partial charge in [-0.05, 0) is 26.3 Å². The first-order chi connectivity index (χ1) is 5.81. The summed E-state index contributed by atoms with van der Waals surface area (Å²) in [5, 5.41) is 0. The Morgan fingerprint density at radius 3 is 2.17 bits per heavy atom. The zero-order valence-corrected chi connectivity index (χ0v) is 8.63. The van der Waals surface area contributed by atoms with E-state index in [1.807, 2.05) is 39.8 Å². The maximum Gasteiger partial charge on any atom is 0.155 e. The third kappa shape index (κ3) is 11.9. The highest BCUT2D eigenvalue weighted by molar-refractivity contribution is 5.89. The number of carbonyl (C=O) groups is 1. The van der Waals surface area contributed by atoms with E-state index in [1.165, 1.54) is 0 Å². The lowest BCUT2D eigenvalue weighted by molar-refractivity contribution is -0.114. The van der Waals surface area contributed by atoms with Crippen LogP contribution in [-0.2, 0) is 4.79 Å². The Bertz CT molecular complexity index is 143. The summed E-state index contributed by atoms with van der Waals surface area (Å²) in [6, 6.07) is 0. The molecule has 0 aromatic rings. The van der Waals surface area contributed by atoms with Crippen molar-refractivity contribution >= 4 is 5.78 Å². The molecule has 12 heavy (non-hydrogen) atoms. The van der Waals surface area contributed by atoms with Gasteiger partial charge in [-0.25, -0.2) is 0 Å². The quantitative estimate of drug-likeness (QED) is 0.463. The summed E-state index contributed by atoms with van der Waals surface area (Å²) >= 11 is 0. The van der Waals surface area contributed by atoms with Crippen molar-refractivity contribution in [1.29, 1.82) is 0 Å². The Labute approximate surface area is 76.2 Å². The molecular weight excluding hydrogens is 148 g/mol. The third-order valence-electron chi connectivity index (χ3n) is 1.15. The number of hydrogen-bond donors (Lipinski definition) is 0. The lowest BCUT2D eigenvalue weighted by atomic mass is 10.2. The second-order valence-corrected chi connectivity index (χ2v) is 2.07. The van der Waals surface area contributed by atoms with E-state index < -0.39 is 0 Å². The first-order valence-electron chi connectivity index (χ1n) is 4.58. The van der Waals surface area contributed by atoms with E-state index in [2.05, 4.69) is 0 Å². The second kappa shape index (κ2) is 12.8. The summed E-state index contributed by atoms with van der Waals surface area (Å²) in [4.78, 5) is 10.8. The molecule has 0 N–H and O–H groups in total. The Morgan fingerprint density at radius 2 is 1.75 bits per heavy atom. The summed E-state index contributed by atoms with van der Waals surface area (Å²) in [7, 11) is 0. The van der Waals surface area contributed by atoms with Crippen LogP contribution in [0.2, 0.25) is 0 Å². The van der Waals surface area contributed by atoms with Crippen molar-refractivity contribution < 1.29 is 4.79 Å². The average molecular weight is 168 g/mol. The number of carbonyl (C=O) groups excluding carboxylic acids is 1. The molecule has 0 atom stereocenters. The van der Waals surface area contributed by atoms with Gasteiger partial charge in [-0.1, -0.05) is 32.1 Å². The smallest absolute Gasteiger partial charge is 0.155 e. The number of ketones is 1. The van der Waals surface area contributed by atoms with Gasteiger partial charge in [0.05, 0.1) is 0 Å². The second-order valence-electron chi connectivity index (χ2n) is 2.07. The van der Waals surface area contributed by atoms with Gasteiger partial charge in [-0.3, -0.25) is 4.79 Å². The fourth-order valence-corrected chi connectivity index (χ4v) is 0.661. The lowest BCUT2D eigenvalue weighted by Gasteiger charge is -1.87. The minimum absolute atomic E-state index is 0.209. The maximum absolute atomic E-state index is 10.8.